The van der Waals surface area contributed by atoms with Crippen molar-refractivity contribution in [2.45, 2.75) is 18.9 Å². The van der Waals surface area contributed by atoms with Crippen LogP contribution in [0.3, 0.4) is 0 Å². The Morgan fingerprint density at radius 3 is 3.33 bits per heavy atom. The number of aryl methyl sites for hydroxylation is 1. The summed E-state index contributed by atoms with van der Waals surface area (Å²) in [7, 11) is 0. The average molecular weight is 123 g/mol. The van der Waals surface area contributed by atoms with E-state index >= 15 is 0 Å². The molecule has 0 spiro atoms. The molecule has 1 aromatic rings. The lowest BCUT2D eigenvalue weighted by atomic mass is 10.2. The van der Waals surface area contributed by atoms with Gasteiger partial charge in [-0.15, -0.1) is 0 Å². The van der Waals surface area contributed by atoms with E-state index in [0.29, 0.717) is 0 Å². The fourth-order valence-corrected chi connectivity index (χ4v) is 1.33. The standard InChI is InChI=1S/C7H9NO/c8-6-1-2-7-5(6)3-4-9-7/h3-4,6H,1-2,8H2. The molecule has 0 radical (unpaired) electrons. The number of furan rings is 1. The lowest BCUT2D eigenvalue weighted by Gasteiger charge is -1.96. The van der Waals surface area contributed by atoms with E-state index < -0.39 is 0 Å². The van der Waals surface area contributed by atoms with Gasteiger partial charge in [0.1, 0.15) is 5.76 Å². The molecule has 0 fully saturated rings. The second-order valence-corrected chi connectivity index (χ2v) is 2.44. The number of fused-ring (bicyclic) bond motifs is 1. The smallest absolute Gasteiger partial charge is 0.108 e. The highest BCUT2D eigenvalue weighted by molar-refractivity contribution is 5.25. The summed E-state index contributed by atoms with van der Waals surface area (Å²) in [6.45, 7) is 0. The molecule has 0 aliphatic heterocycles. The van der Waals surface area contributed by atoms with Gasteiger partial charge in [0, 0.05) is 18.0 Å². The first-order valence-corrected chi connectivity index (χ1v) is 3.20. The van der Waals surface area contributed by atoms with Crippen LogP contribution in [-0.4, -0.2) is 0 Å². The van der Waals surface area contributed by atoms with Crippen LogP contribution in [0.5, 0.6) is 0 Å². The van der Waals surface area contributed by atoms with Crippen LogP contribution in [0.1, 0.15) is 23.8 Å². The van der Waals surface area contributed by atoms with E-state index in [1.165, 1.54) is 5.56 Å². The van der Waals surface area contributed by atoms with Crippen LogP contribution in [0, 0.1) is 0 Å². The highest BCUT2D eigenvalue weighted by atomic mass is 16.3. The van der Waals surface area contributed by atoms with Gasteiger partial charge < -0.3 is 10.2 Å². The predicted molar refractivity (Wildman–Crippen MR) is 34.0 cm³/mol. The quantitative estimate of drug-likeness (QED) is 0.563. The van der Waals surface area contributed by atoms with Crippen molar-refractivity contribution < 1.29 is 4.42 Å². The zero-order chi connectivity index (χ0) is 6.27. The van der Waals surface area contributed by atoms with Crippen molar-refractivity contribution in [3.05, 3.63) is 23.7 Å². The zero-order valence-corrected chi connectivity index (χ0v) is 5.13. The summed E-state index contributed by atoms with van der Waals surface area (Å²) in [5, 5.41) is 0. The van der Waals surface area contributed by atoms with Gasteiger partial charge in [-0.05, 0) is 12.5 Å². The van der Waals surface area contributed by atoms with Crippen LogP contribution < -0.4 is 5.73 Å². The van der Waals surface area contributed by atoms with E-state index in [2.05, 4.69) is 0 Å². The van der Waals surface area contributed by atoms with Crippen molar-refractivity contribution >= 4 is 0 Å². The van der Waals surface area contributed by atoms with Crippen molar-refractivity contribution in [2.24, 2.45) is 5.73 Å². The first-order valence-electron chi connectivity index (χ1n) is 3.20. The third-order valence-corrected chi connectivity index (χ3v) is 1.86. The van der Waals surface area contributed by atoms with E-state index in [0.717, 1.165) is 18.6 Å². The lowest BCUT2D eigenvalue weighted by molar-refractivity contribution is 0.514. The summed E-state index contributed by atoms with van der Waals surface area (Å²) >= 11 is 0. The van der Waals surface area contributed by atoms with Gasteiger partial charge in [0.25, 0.3) is 0 Å². The molecule has 0 saturated heterocycles. The summed E-state index contributed by atoms with van der Waals surface area (Å²) in [6.07, 6.45) is 3.78. The maximum Gasteiger partial charge on any atom is 0.108 e. The Kier molecular flexibility index (Phi) is 0.904. The van der Waals surface area contributed by atoms with Crippen LogP contribution >= 0.6 is 0 Å². The van der Waals surface area contributed by atoms with Crippen molar-refractivity contribution in [1.29, 1.82) is 0 Å². The molecule has 1 aliphatic carbocycles. The van der Waals surface area contributed by atoms with E-state index in [1.807, 2.05) is 6.07 Å². The molecular weight excluding hydrogens is 114 g/mol. The minimum absolute atomic E-state index is 0.235. The normalized spacial score (nSPS) is 24.3. The molecule has 48 valence electrons. The molecule has 2 rings (SSSR count). The number of hydrogen-bond donors (Lipinski definition) is 1. The number of rotatable bonds is 0. The molecule has 0 aromatic carbocycles. The Labute approximate surface area is 53.7 Å². The fraction of sp³-hybridized carbons (Fsp3) is 0.429. The van der Waals surface area contributed by atoms with Gasteiger partial charge in [0.2, 0.25) is 0 Å². The predicted octanol–water partition coefficient (Wildman–Crippen LogP) is 1.23. The summed E-state index contributed by atoms with van der Waals surface area (Å²) in [4.78, 5) is 0. The van der Waals surface area contributed by atoms with Gasteiger partial charge in [-0.25, -0.2) is 0 Å². The maximum atomic E-state index is 5.73. The zero-order valence-electron chi connectivity index (χ0n) is 5.13. The van der Waals surface area contributed by atoms with Crippen molar-refractivity contribution in [3.63, 3.8) is 0 Å². The second-order valence-electron chi connectivity index (χ2n) is 2.44. The first kappa shape index (κ1) is 5.06. The highest BCUT2D eigenvalue weighted by Gasteiger charge is 2.20. The molecule has 0 bridgehead atoms. The summed E-state index contributed by atoms with van der Waals surface area (Å²) in [6, 6.07) is 2.20. The maximum absolute atomic E-state index is 5.73. The van der Waals surface area contributed by atoms with Gasteiger partial charge >= 0.3 is 0 Å². The third-order valence-electron chi connectivity index (χ3n) is 1.86. The van der Waals surface area contributed by atoms with Crippen molar-refractivity contribution in [1.82, 2.24) is 0 Å². The molecule has 2 nitrogen and oxygen atoms in total. The molecule has 0 saturated carbocycles. The monoisotopic (exact) mass is 123 g/mol. The fourth-order valence-electron chi connectivity index (χ4n) is 1.33. The highest BCUT2D eigenvalue weighted by Crippen LogP contribution is 2.29. The van der Waals surface area contributed by atoms with Crippen molar-refractivity contribution in [2.75, 3.05) is 0 Å². The number of nitrogens with two attached hydrogens (primary N) is 1. The summed E-state index contributed by atoms with van der Waals surface area (Å²) in [5.41, 5.74) is 6.93. The van der Waals surface area contributed by atoms with E-state index in [4.69, 9.17) is 10.2 Å². The molecular formula is C7H9NO. The minimum Gasteiger partial charge on any atom is -0.469 e. The SMILES string of the molecule is NC1CCc2occc21. The lowest BCUT2D eigenvalue weighted by Crippen LogP contribution is -2.03. The molecule has 9 heavy (non-hydrogen) atoms. The molecule has 2 heteroatoms. The third kappa shape index (κ3) is 0.598. The van der Waals surface area contributed by atoms with Crippen LogP contribution in [0.2, 0.25) is 0 Å². The van der Waals surface area contributed by atoms with Crippen LogP contribution in [0.4, 0.5) is 0 Å². The molecule has 1 aromatic heterocycles. The van der Waals surface area contributed by atoms with Gasteiger partial charge in [-0.1, -0.05) is 0 Å². The Hall–Kier alpha value is -0.760. The summed E-state index contributed by atoms with van der Waals surface area (Å²) in [5.74, 6) is 1.09. The van der Waals surface area contributed by atoms with Crippen LogP contribution in [0.15, 0.2) is 16.7 Å². The van der Waals surface area contributed by atoms with E-state index in [-0.39, 0.29) is 6.04 Å². The average Bonchev–Trinajstić information content (AvgIpc) is 2.35. The Morgan fingerprint density at radius 1 is 1.67 bits per heavy atom. The molecule has 0 amide bonds. The Morgan fingerprint density at radius 2 is 2.56 bits per heavy atom. The van der Waals surface area contributed by atoms with Gasteiger partial charge in [-0.3, -0.25) is 0 Å². The molecule has 2 N–H and O–H groups in total. The van der Waals surface area contributed by atoms with Crippen LogP contribution in [-0.2, 0) is 6.42 Å². The van der Waals surface area contributed by atoms with Gasteiger partial charge in [-0.2, -0.15) is 0 Å². The molecule has 1 unspecified atom stereocenters. The van der Waals surface area contributed by atoms with Crippen molar-refractivity contribution in [3.8, 4) is 0 Å². The first-order chi connectivity index (χ1) is 4.38. The largest absolute Gasteiger partial charge is 0.469 e. The topological polar surface area (TPSA) is 39.2 Å². The Bertz CT molecular complexity index is 216. The summed E-state index contributed by atoms with van der Waals surface area (Å²) < 4.78 is 5.17. The Balaban J connectivity index is 2.49. The van der Waals surface area contributed by atoms with Gasteiger partial charge in [0.05, 0.1) is 6.26 Å². The molecule has 1 heterocycles. The van der Waals surface area contributed by atoms with E-state index in [1.54, 1.807) is 6.26 Å². The van der Waals surface area contributed by atoms with Gasteiger partial charge in [0.15, 0.2) is 0 Å². The second kappa shape index (κ2) is 1.61. The van der Waals surface area contributed by atoms with E-state index in [9.17, 15) is 0 Å². The molecule has 1 atom stereocenters. The molecule has 1 aliphatic rings. The number of hydrogen-bond acceptors (Lipinski definition) is 2. The van der Waals surface area contributed by atoms with Crippen LogP contribution in [0.25, 0.3) is 0 Å². The minimum atomic E-state index is 0.235.